The van der Waals surface area contributed by atoms with E-state index in [1.165, 1.54) is 16.8 Å². The van der Waals surface area contributed by atoms with Crippen LogP contribution in [0.5, 0.6) is 5.75 Å². The van der Waals surface area contributed by atoms with E-state index in [4.69, 9.17) is 15.8 Å². The minimum atomic E-state index is -0.614. The molecule has 0 saturated carbocycles. The predicted molar refractivity (Wildman–Crippen MR) is 109 cm³/mol. The quantitative estimate of drug-likeness (QED) is 0.250. The van der Waals surface area contributed by atoms with Crippen LogP contribution in [0.3, 0.4) is 0 Å². The third kappa shape index (κ3) is 4.47. The maximum absolute atomic E-state index is 12.2. The van der Waals surface area contributed by atoms with Crippen molar-refractivity contribution in [2.75, 3.05) is 24.0 Å². The number of anilines is 1. The summed E-state index contributed by atoms with van der Waals surface area (Å²) >= 11 is 1.06. The number of methoxy groups -OCH3 is 1. The molecule has 0 atom stereocenters. The fourth-order valence-electron chi connectivity index (χ4n) is 2.48. The fraction of sp³-hybridized carbons (Fsp3) is 0.111. The van der Waals surface area contributed by atoms with E-state index in [9.17, 15) is 14.9 Å². The Morgan fingerprint density at radius 2 is 2.07 bits per heavy atom. The molecule has 11 nitrogen and oxygen atoms in total. The first kappa shape index (κ1) is 20.6. The van der Waals surface area contributed by atoms with E-state index in [0.29, 0.717) is 16.7 Å². The summed E-state index contributed by atoms with van der Waals surface area (Å²) in [7, 11) is 1.57. The van der Waals surface area contributed by atoms with Crippen LogP contribution in [0.25, 0.3) is 11.4 Å². The predicted octanol–water partition coefficient (Wildman–Crippen LogP) is 2.18. The first-order chi connectivity index (χ1) is 14.4. The van der Waals surface area contributed by atoms with Crippen molar-refractivity contribution in [3.05, 3.63) is 58.1 Å². The lowest BCUT2D eigenvalue weighted by molar-refractivity contribution is -0.384. The Bertz CT molecular complexity index is 1140. The van der Waals surface area contributed by atoms with Crippen LogP contribution >= 0.6 is 11.8 Å². The number of thioether (sulfide) groups is 1. The molecule has 1 aromatic heterocycles. The van der Waals surface area contributed by atoms with Gasteiger partial charge in [0.15, 0.2) is 5.82 Å². The van der Waals surface area contributed by atoms with Crippen LogP contribution in [0.4, 0.5) is 11.4 Å². The van der Waals surface area contributed by atoms with Crippen molar-refractivity contribution < 1.29 is 14.5 Å². The van der Waals surface area contributed by atoms with Crippen molar-refractivity contribution in [2.24, 2.45) is 0 Å². The number of ether oxygens (including phenoxy) is 1. The summed E-state index contributed by atoms with van der Waals surface area (Å²) in [5.74, 6) is 6.66. The number of carbonyl (C=O) groups excluding carboxylic acids is 1. The van der Waals surface area contributed by atoms with Gasteiger partial charge in [-0.05, 0) is 30.3 Å². The second-order valence-electron chi connectivity index (χ2n) is 5.84. The van der Waals surface area contributed by atoms with Crippen LogP contribution < -0.4 is 15.9 Å². The zero-order chi connectivity index (χ0) is 21.7. The van der Waals surface area contributed by atoms with Crippen LogP contribution in [0, 0.1) is 21.4 Å². The van der Waals surface area contributed by atoms with Crippen molar-refractivity contribution in [2.45, 2.75) is 5.16 Å². The number of carbonyl (C=O) groups is 1. The molecule has 0 aliphatic carbocycles. The van der Waals surface area contributed by atoms with Gasteiger partial charge >= 0.3 is 0 Å². The molecular weight excluding hydrogens is 410 g/mol. The van der Waals surface area contributed by atoms with E-state index >= 15 is 0 Å². The SMILES string of the molecule is COc1ccc(-c2nnc(SCC(=O)Nc3ccc([N+](=O)[O-])cc3C#N)n2N)cc1. The lowest BCUT2D eigenvalue weighted by atomic mass is 10.1. The van der Waals surface area contributed by atoms with Gasteiger partial charge in [0.05, 0.1) is 29.0 Å². The molecule has 3 aromatic rings. The Morgan fingerprint density at radius 1 is 1.33 bits per heavy atom. The molecule has 0 fully saturated rings. The Balaban J connectivity index is 1.66. The van der Waals surface area contributed by atoms with Crippen LogP contribution in [-0.2, 0) is 4.79 Å². The second kappa shape index (κ2) is 8.93. The molecule has 3 N–H and O–H groups in total. The lowest BCUT2D eigenvalue weighted by Gasteiger charge is -2.07. The largest absolute Gasteiger partial charge is 0.497 e. The number of nitro groups is 1. The maximum Gasteiger partial charge on any atom is 0.270 e. The number of nitro benzene ring substituents is 1. The van der Waals surface area contributed by atoms with Gasteiger partial charge in [0.25, 0.3) is 5.69 Å². The normalized spacial score (nSPS) is 10.3. The molecule has 3 rings (SSSR count). The summed E-state index contributed by atoms with van der Waals surface area (Å²) in [6.45, 7) is 0. The number of hydrogen-bond donors (Lipinski definition) is 2. The van der Waals surface area contributed by atoms with Crippen LogP contribution in [0.2, 0.25) is 0 Å². The summed E-state index contributed by atoms with van der Waals surface area (Å²) in [5.41, 5.74) is 0.668. The zero-order valence-electron chi connectivity index (χ0n) is 15.6. The Labute approximate surface area is 174 Å². The summed E-state index contributed by atoms with van der Waals surface area (Å²) in [5, 5.41) is 30.9. The smallest absolute Gasteiger partial charge is 0.270 e. The van der Waals surface area contributed by atoms with Crippen molar-refractivity contribution in [1.29, 1.82) is 5.26 Å². The minimum absolute atomic E-state index is 0.00802. The van der Waals surface area contributed by atoms with E-state index < -0.39 is 10.8 Å². The van der Waals surface area contributed by atoms with Crippen LogP contribution in [0.1, 0.15) is 5.56 Å². The molecule has 30 heavy (non-hydrogen) atoms. The van der Waals surface area contributed by atoms with Gasteiger partial charge in [0, 0.05) is 17.7 Å². The third-order valence-corrected chi connectivity index (χ3v) is 4.90. The topological polar surface area (TPSA) is 162 Å². The van der Waals surface area contributed by atoms with Gasteiger partial charge in [-0.2, -0.15) is 5.26 Å². The number of benzene rings is 2. The molecule has 1 amide bonds. The molecule has 12 heteroatoms. The number of amides is 1. The Kier molecular flexibility index (Phi) is 6.14. The van der Waals surface area contributed by atoms with Gasteiger partial charge in [0.2, 0.25) is 11.1 Å². The summed E-state index contributed by atoms with van der Waals surface area (Å²) in [6, 6.07) is 12.5. The van der Waals surface area contributed by atoms with E-state index in [1.807, 2.05) is 6.07 Å². The number of nitrogens with two attached hydrogens (primary N) is 1. The van der Waals surface area contributed by atoms with Gasteiger partial charge < -0.3 is 15.9 Å². The van der Waals surface area contributed by atoms with E-state index in [1.54, 1.807) is 31.4 Å². The third-order valence-electron chi connectivity index (χ3n) is 3.95. The van der Waals surface area contributed by atoms with E-state index in [0.717, 1.165) is 23.4 Å². The summed E-state index contributed by atoms with van der Waals surface area (Å²) in [6.07, 6.45) is 0. The van der Waals surface area contributed by atoms with Crippen molar-refractivity contribution >= 4 is 29.0 Å². The molecule has 2 aromatic carbocycles. The number of nitriles is 1. The molecule has 0 bridgehead atoms. The van der Waals surface area contributed by atoms with Crippen molar-refractivity contribution in [3.63, 3.8) is 0 Å². The number of rotatable bonds is 7. The second-order valence-corrected chi connectivity index (χ2v) is 6.78. The van der Waals surface area contributed by atoms with E-state index in [2.05, 4.69) is 15.5 Å². The molecule has 0 unspecified atom stereocenters. The van der Waals surface area contributed by atoms with E-state index in [-0.39, 0.29) is 22.7 Å². The number of hydrogen-bond acceptors (Lipinski definition) is 9. The first-order valence-corrected chi connectivity index (χ1v) is 9.37. The molecule has 0 aliphatic heterocycles. The van der Waals surface area contributed by atoms with Crippen molar-refractivity contribution in [1.82, 2.24) is 14.9 Å². The highest BCUT2D eigenvalue weighted by Crippen LogP contribution is 2.25. The summed E-state index contributed by atoms with van der Waals surface area (Å²) < 4.78 is 6.38. The Hall–Kier alpha value is -4.11. The van der Waals surface area contributed by atoms with Gasteiger partial charge in [0.1, 0.15) is 11.8 Å². The standard InChI is InChI=1S/C18H15N7O4S/c1-29-14-5-2-11(3-6-14)17-22-23-18(24(17)20)30-10-16(26)21-15-7-4-13(25(27)28)8-12(15)9-19/h2-8H,10,20H2,1H3,(H,21,26). The summed E-state index contributed by atoms with van der Waals surface area (Å²) in [4.78, 5) is 22.4. The van der Waals surface area contributed by atoms with Crippen molar-refractivity contribution in [3.8, 4) is 23.2 Å². The number of non-ortho nitro benzene ring substituents is 1. The highest BCUT2D eigenvalue weighted by atomic mass is 32.2. The van der Waals surface area contributed by atoms with Gasteiger partial charge in [-0.15, -0.1) is 10.2 Å². The highest BCUT2D eigenvalue weighted by molar-refractivity contribution is 7.99. The minimum Gasteiger partial charge on any atom is -0.497 e. The van der Waals surface area contributed by atoms with Crippen LogP contribution in [-0.4, -0.2) is 38.6 Å². The molecule has 0 saturated heterocycles. The maximum atomic E-state index is 12.2. The zero-order valence-corrected chi connectivity index (χ0v) is 16.4. The average Bonchev–Trinajstić information content (AvgIpc) is 3.12. The highest BCUT2D eigenvalue weighted by Gasteiger charge is 2.16. The molecule has 1 heterocycles. The Morgan fingerprint density at radius 3 is 2.70 bits per heavy atom. The molecule has 0 aliphatic rings. The molecule has 0 spiro atoms. The number of aromatic nitrogens is 3. The van der Waals surface area contributed by atoms with Gasteiger partial charge in [-0.25, -0.2) is 4.68 Å². The average molecular weight is 425 g/mol. The van der Waals surface area contributed by atoms with Gasteiger partial charge in [-0.3, -0.25) is 14.9 Å². The van der Waals surface area contributed by atoms with Gasteiger partial charge in [-0.1, -0.05) is 11.8 Å². The molecule has 0 radical (unpaired) electrons. The van der Waals surface area contributed by atoms with Crippen LogP contribution in [0.15, 0.2) is 47.6 Å². The molecular formula is C18H15N7O4S. The first-order valence-electron chi connectivity index (χ1n) is 8.39. The number of nitrogens with zero attached hydrogens (tertiary/aromatic N) is 5. The number of nitrogens with one attached hydrogen (secondary N) is 1. The monoisotopic (exact) mass is 425 g/mol. The molecule has 152 valence electrons. The number of nitrogen functional groups attached to an aromatic ring is 1. The fourth-order valence-corrected chi connectivity index (χ4v) is 3.13. The lowest BCUT2D eigenvalue weighted by Crippen LogP contribution is -2.17.